The number of hydrogen-bond acceptors (Lipinski definition) is 6. The Morgan fingerprint density at radius 2 is 1.58 bits per heavy atom. The molecule has 0 aliphatic rings. The maximum absolute atomic E-state index is 12.0. The predicted molar refractivity (Wildman–Crippen MR) is 69.3 cm³/mol. The van der Waals surface area contributed by atoms with E-state index < -0.39 is 23.3 Å². The molecule has 0 radical (unpaired) electrons. The van der Waals surface area contributed by atoms with Crippen molar-refractivity contribution in [2.45, 2.75) is 52.0 Å². The number of ketones is 1. The summed E-state index contributed by atoms with van der Waals surface area (Å²) in [6, 6.07) is 0. The minimum absolute atomic E-state index is 0.0847. The van der Waals surface area contributed by atoms with Crippen molar-refractivity contribution >= 4 is 17.7 Å². The monoisotopic (exact) mass is 273 g/mol. The van der Waals surface area contributed by atoms with E-state index in [0.717, 1.165) is 0 Å². The van der Waals surface area contributed by atoms with Gasteiger partial charge in [-0.25, -0.2) is 4.79 Å². The smallest absolute Gasteiger partial charge is 0.333 e. The molecule has 0 spiro atoms. The number of carbonyl (C=O) groups excluding carboxylic acids is 3. The van der Waals surface area contributed by atoms with Gasteiger partial charge in [0.1, 0.15) is 0 Å². The fourth-order valence-corrected chi connectivity index (χ4v) is 1.60. The SMILES string of the molecule is CCCC(=O)[C@](N)(CCC(=O)OCC)C(=O)OCC. The third kappa shape index (κ3) is 5.38. The number of Topliss-reactive ketones (excluding diaryl/α,β-unsaturated/α-hetero) is 1. The second-order valence-electron chi connectivity index (χ2n) is 4.17. The Balaban J connectivity index is 4.80. The third-order valence-electron chi connectivity index (χ3n) is 2.64. The van der Waals surface area contributed by atoms with Gasteiger partial charge >= 0.3 is 11.9 Å². The Kier molecular flexibility index (Phi) is 7.98. The van der Waals surface area contributed by atoms with Crippen LogP contribution in [0.2, 0.25) is 0 Å². The van der Waals surface area contributed by atoms with Crippen LogP contribution in [0.1, 0.15) is 46.5 Å². The number of hydrogen-bond donors (Lipinski definition) is 1. The summed E-state index contributed by atoms with van der Waals surface area (Å²) in [6.45, 7) is 5.51. The molecular formula is C13H23NO5. The fraction of sp³-hybridized carbons (Fsp3) is 0.769. The van der Waals surface area contributed by atoms with Crippen molar-refractivity contribution < 1.29 is 23.9 Å². The van der Waals surface area contributed by atoms with Gasteiger partial charge in [0.2, 0.25) is 0 Å². The molecule has 6 nitrogen and oxygen atoms in total. The minimum Gasteiger partial charge on any atom is -0.466 e. The second kappa shape index (κ2) is 8.63. The lowest BCUT2D eigenvalue weighted by atomic mass is 9.87. The zero-order valence-corrected chi connectivity index (χ0v) is 11.9. The molecule has 0 fully saturated rings. The summed E-state index contributed by atoms with van der Waals surface area (Å²) in [4.78, 5) is 35.1. The Hall–Kier alpha value is -1.43. The zero-order chi connectivity index (χ0) is 14.9. The Morgan fingerprint density at radius 1 is 1.00 bits per heavy atom. The highest BCUT2D eigenvalue weighted by molar-refractivity contribution is 6.08. The molecule has 0 saturated carbocycles. The lowest BCUT2D eigenvalue weighted by Crippen LogP contribution is -2.56. The molecule has 0 aromatic rings. The van der Waals surface area contributed by atoms with Crippen LogP contribution < -0.4 is 5.73 Å². The van der Waals surface area contributed by atoms with E-state index in [2.05, 4.69) is 0 Å². The van der Waals surface area contributed by atoms with Crippen LogP contribution >= 0.6 is 0 Å². The van der Waals surface area contributed by atoms with E-state index in [9.17, 15) is 14.4 Å². The van der Waals surface area contributed by atoms with Crippen molar-refractivity contribution in [3.8, 4) is 0 Å². The van der Waals surface area contributed by atoms with Crippen molar-refractivity contribution in [1.29, 1.82) is 0 Å². The van der Waals surface area contributed by atoms with Gasteiger partial charge in [0.05, 0.1) is 13.2 Å². The van der Waals surface area contributed by atoms with Crippen LogP contribution in [0.5, 0.6) is 0 Å². The summed E-state index contributed by atoms with van der Waals surface area (Å²) < 4.78 is 9.59. The molecule has 0 unspecified atom stereocenters. The molecule has 2 N–H and O–H groups in total. The molecule has 6 heteroatoms. The van der Waals surface area contributed by atoms with E-state index in [4.69, 9.17) is 15.2 Å². The molecule has 1 atom stereocenters. The molecule has 0 aromatic carbocycles. The van der Waals surface area contributed by atoms with Crippen LogP contribution in [0.3, 0.4) is 0 Å². The highest BCUT2D eigenvalue weighted by Gasteiger charge is 2.42. The number of nitrogens with two attached hydrogens (primary N) is 1. The first kappa shape index (κ1) is 17.6. The molecular weight excluding hydrogens is 250 g/mol. The predicted octanol–water partition coefficient (Wildman–Crippen LogP) is 0.960. The first-order valence-corrected chi connectivity index (χ1v) is 6.57. The molecule has 0 bridgehead atoms. The van der Waals surface area contributed by atoms with E-state index >= 15 is 0 Å². The molecule has 0 aliphatic heterocycles. The van der Waals surface area contributed by atoms with Gasteiger partial charge < -0.3 is 15.2 Å². The summed E-state index contributed by atoms with van der Waals surface area (Å²) >= 11 is 0. The van der Waals surface area contributed by atoms with Gasteiger partial charge in [-0.1, -0.05) is 6.92 Å². The molecule has 0 aliphatic carbocycles. The van der Waals surface area contributed by atoms with Crippen LogP contribution in [-0.4, -0.2) is 36.5 Å². The summed E-state index contributed by atoms with van der Waals surface area (Å²) in [5.74, 6) is -1.67. The van der Waals surface area contributed by atoms with Crippen LogP contribution in [0, 0.1) is 0 Å². The molecule has 0 heterocycles. The molecule has 0 amide bonds. The molecule has 19 heavy (non-hydrogen) atoms. The summed E-state index contributed by atoms with van der Waals surface area (Å²) in [7, 11) is 0. The summed E-state index contributed by atoms with van der Waals surface area (Å²) in [6.07, 6.45) is 0.580. The van der Waals surface area contributed by atoms with E-state index in [0.29, 0.717) is 6.42 Å². The number of rotatable bonds is 9. The summed E-state index contributed by atoms with van der Waals surface area (Å²) in [5.41, 5.74) is 4.12. The Bertz CT molecular complexity index is 309. The Labute approximate surface area is 113 Å². The van der Waals surface area contributed by atoms with E-state index in [1.54, 1.807) is 13.8 Å². The minimum atomic E-state index is -1.75. The maximum atomic E-state index is 12.0. The number of ether oxygens (including phenoxy) is 2. The number of carbonyl (C=O) groups is 3. The van der Waals surface area contributed by atoms with Gasteiger partial charge in [-0.15, -0.1) is 0 Å². The van der Waals surface area contributed by atoms with Crippen LogP contribution in [0.15, 0.2) is 0 Å². The van der Waals surface area contributed by atoms with E-state index in [-0.39, 0.29) is 32.5 Å². The topological polar surface area (TPSA) is 95.7 Å². The van der Waals surface area contributed by atoms with Crippen molar-refractivity contribution in [3.05, 3.63) is 0 Å². The molecule has 0 aromatic heterocycles. The molecule has 0 saturated heterocycles. The van der Waals surface area contributed by atoms with Crippen molar-refractivity contribution in [3.63, 3.8) is 0 Å². The second-order valence-corrected chi connectivity index (χ2v) is 4.17. The maximum Gasteiger partial charge on any atom is 0.333 e. The van der Waals surface area contributed by atoms with Crippen LogP contribution in [-0.2, 0) is 23.9 Å². The average molecular weight is 273 g/mol. The number of esters is 2. The Morgan fingerprint density at radius 3 is 2.05 bits per heavy atom. The fourth-order valence-electron chi connectivity index (χ4n) is 1.60. The molecule has 0 rings (SSSR count). The van der Waals surface area contributed by atoms with Gasteiger partial charge in [0, 0.05) is 12.8 Å². The summed E-state index contributed by atoms with van der Waals surface area (Å²) in [5, 5.41) is 0. The first-order chi connectivity index (χ1) is 8.92. The normalized spacial score (nSPS) is 13.5. The van der Waals surface area contributed by atoms with E-state index in [1.807, 2.05) is 6.92 Å². The highest BCUT2D eigenvalue weighted by atomic mass is 16.5. The van der Waals surface area contributed by atoms with Crippen molar-refractivity contribution in [1.82, 2.24) is 0 Å². The van der Waals surface area contributed by atoms with Gasteiger partial charge in [0.25, 0.3) is 0 Å². The largest absolute Gasteiger partial charge is 0.466 e. The van der Waals surface area contributed by atoms with Gasteiger partial charge in [-0.3, -0.25) is 9.59 Å². The zero-order valence-electron chi connectivity index (χ0n) is 11.9. The first-order valence-electron chi connectivity index (χ1n) is 6.57. The molecule has 110 valence electrons. The van der Waals surface area contributed by atoms with Crippen LogP contribution in [0.25, 0.3) is 0 Å². The lowest BCUT2D eigenvalue weighted by molar-refractivity contribution is -0.154. The average Bonchev–Trinajstić information content (AvgIpc) is 2.36. The standard InChI is InChI=1S/C13H23NO5/c1-4-7-10(15)13(14,12(17)19-6-3)9-8-11(16)18-5-2/h4-9,14H2,1-3H3/t13-/m1/s1. The van der Waals surface area contributed by atoms with Gasteiger partial charge in [-0.05, 0) is 26.7 Å². The van der Waals surface area contributed by atoms with Crippen LogP contribution in [0.4, 0.5) is 0 Å². The highest BCUT2D eigenvalue weighted by Crippen LogP contribution is 2.17. The third-order valence-corrected chi connectivity index (χ3v) is 2.64. The van der Waals surface area contributed by atoms with Gasteiger partial charge in [-0.2, -0.15) is 0 Å². The van der Waals surface area contributed by atoms with Crippen molar-refractivity contribution in [2.24, 2.45) is 5.73 Å². The van der Waals surface area contributed by atoms with E-state index in [1.165, 1.54) is 0 Å². The lowest BCUT2D eigenvalue weighted by Gasteiger charge is -2.25. The van der Waals surface area contributed by atoms with Gasteiger partial charge in [0.15, 0.2) is 11.3 Å². The quantitative estimate of drug-likeness (QED) is 0.496. The van der Waals surface area contributed by atoms with Crippen molar-refractivity contribution in [2.75, 3.05) is 13.2 Å².